The highest BCUT2D eigenvalue weighted by Crippen LogP contribution is 2.40. The van der Waals surface area contributed by atoms with Crippen LogP contribution in [-0.4, -0.2) is 15.0 Å². The van der Waals surface area contributed by atoms with Crippen LogP contribution >= 0.6 is 11.6 Å². The van der Waals surface area contributed by atoms with Gasteiger partial charge >= 0.3 is 0 Å². The molecule has 5 heteroatoms. The van der Waals surface area contributed by atoms with Gasteiger partial charge in [-0.1, -0.05) is 115 Å². The van der Waals surface area contributed by atoms with Crippen LogP contribution in [0.25, 0.3) is 67.2 Å². The molecule has 7 aromatic rings. The maximum absolute atomic E-state index is 6.46. The molecule has 0 aliphatic heterocycles. The van der Waals surface area contributed by atoms with Crippen molar-refractivity contribution in [3.8, 4) is 45.3 Å². The lowest BCUT2D eigenvalue weighted by molar-refractivity contribution is 0.670. The van der Waals surface area contributed by atoms with Crippen molar-refractivity contribution >= 4 is 33.5 Å². The first-order chi connectivity index (χ1) is 18.7. The lowest BCUT2D eigenvalue weighted by atomic mass is 10.0. The minimum Gasteiger partial charge on any atom is -0.455 e. The molecule has 0 aliphatic carbocycles. The van der Waals surface area contributed by atoms with Gasteiger partial charge in [0.25, 0.3) is 0 Å². The zero-order valence-electron chi connectivity index (χ0n) is 20.2. The van der Waals surface area contributed by atoms with Crippen molar-refractivity contribution in [2.24, 2.45) is 0 Å². The Morgan fingerprint density at radius 2 is 1.11 bits per heavy atom. The average Bonchev–Trinajstić information content (AvgIpc) is 3.37. The van der Waals surface area contributed by atoms with Gasteiger partial charge in [0.05, 0.1) is 0 Å². The van der Waals surface area contributed by atoms with E-state index < -0.39 is 0 Å². The summed E-state index contributed by atoms with van der Waals surface area (Å²) < 4.78 is 6.46. The number of nitrogens with zero attached hydrogens (tertiary/aromatic N) is 3. The zero-order chi connectivity index (χ0) is 25.5. The predicted molar refractivity (Wildman–Crippen MR) is 154 cm³/mol. The molecule has 180 valence electrons. The Hall–Kier alpha value is -4.80. The number of fused-ring (bicyclic) bond motifs is 3. The molecule has 38 heavy (non-hydrogen) atoms. The van der Waals surface area contributed by atoms with Crippen molar-refractivity contribution in [2.75, 3.05) is 0 Å². The van der Waals surface area contributed by atoms with Gasteiger partial charge in [0, 0.05) is 38.0 Å². The van der Waals surface area contributed by atoms with Crippen LogP contribution in [0.3, 0.4) is 0 Å². The molecule has 0 saturated heterocycles. The van der Waals surface area contributed by atoms with E-state index in [0.29, 0.717) is 22.5 Å². The first kappa shape index (κ1) is 22.4. The Bertz CT molecular complexity index is 1930. The highest BCUT2D eigenvalue weighted by molar-refractivity contribution is 6.30. The van der Waals surface area contributed by atoms with Gasteiger partial charge in [-0.3, -0.25) is 0 Å². The van der Waals surface area contributed by atoms with E-state index >= 15 is 0 Å². The maximum atomic E-state index is 6.46. The van der Waals surface area contributed by atoms with Crippen LogP contribution in [-0.2, 0) is 0 Å². The van der Waals surface area contributed by atoms with Crippen LogP contribution in [0.15, 0.2) is 126 Å². The Labute approximate surface area is 224 Å². The summed E-state index contributed by atoms with van der Waals surface area (Å²) in [5, 5.41) is 2.62. The molecule has 0 radical (unpaired) electrons. The van der Waals surface area contributed by atoms with E-state index in [1.165, 1.54) is 0 Å². The van der Waals surface area contributed by atoms with E-state index in [-0.39, 0.29) is 0 Å². The smallest absolute Gasteiger partial charge is 0.164 e. The normalized spacial score (nSPS) is 11.3. The van der Waals surface area contributed by atoms with Gasteiger partial charge in [0.1, 0.15) is 11.2 Å². The van der Waals surface area contributed by atoms with Crippen LogP contribution < -0.4 is 0 Å². The van der Waals surface area contributed by atoms with Gasteiger partial charge in [0.15, 0.2) is 17.5 Å². The summed E-state index contributed by atoms with van der Waals surface area (Å²) in [6, 6.07) is 40.1. The van der Waals surface area contributed by atoms with Crippen molar-refractivity contribution in [1.29, 1.82) is 0 Å². The summed E-state index contributed by atoms with van der Waals surface area (Å²) in [5.41, 5.74) is 6.40. The molecule has 2 heterocycles. The Balaban J connectivity index is 1.50. The second-order valence-corrected chi connectivity index (χ2v) is 9.45. The predicted octanol–water partition coefficient (Wildman–Crippen LogP) is 9.09. The van der Waals surface area contributed by atoms with E-state index in [2.05, 4.69) is 30.3 Å². The molecule has 0 amide bonds. The summed E-state index contributed by atoms with van der Waals surface area (Å²) in [4.78, 5) is 14.7. The van der Waals surface area contributed by atoms with Crippen molar-refractivity contribution in [3.05, 3.63) is 126 Å². The molecule has 0 bridgehead atoms. The molecule has 0 spiro atoms. The molecular formula is C33H20ClN3O. The van der Waals surface area contributed by atoms with Crippen LogP contribution in [0, 0.1) is 0 Å². The van der Waals surface area contributed by atoms with E-state index in [0.717, 1.165) is 49.8 Å². The summed E-state index contributed by atoms with van der Waals surface area (Å²) in [5.74, 6) is 1.73. The number of benzene rings is 5. The molecule has 0 unspecified atom stereocenters. The molecule has 0 aliphatic rings. The van der Waals surface area contributed by atoms with E-state index in [9.17, 15) is 0 Å². The minimum atomic E-state index is 0.561. The van der Waals surface area contributed by atoms with Gasteiger partial charge in [-0.25, -0.2) is 15.0 Å². The van der Waals surface area contributed by atoms with Crippen LogP contribution in [0.4, 0.5) is 0 Å². The fourth-order valence-electron chi connectivity index (χ4n) is 4.85. The molecule has 0 fully saturated rings. The van der Waals surface area contributed by atoms with Gasteiger partial charge in [-0.05, 0) is 23.8 Å². The number of hydrogen-bond acceptors (Lipinski definition) is 4. The molecule has 5 aromatic carbocycles. The van der Waals surface area contributed by atoms with E-state index in [4.69, 9.17) is 31.0 Å². The van der Waals surface area contributed by atoms with Gasteiger partial charge in [-0.15, -0.1) is 0 Å². The third-order valence-electron chi connectivity index (χ3n) is 6.60. The molecule has 7 rings (SSSR count). The van der Waals surface area contributed by atoms with Crippen molar-refractivity contribution < 1.29 is 4.42 Å². The van der Waals surface area contributed by atoms with Crippen LogP contribution in [0.2, 0.25) is 5.02 Å². The monoisotopic (exact) mass is 509 g/mol. The number of rotatable bonds is 4. The van der Waals surface area contributed by atoms with E-state index in [1.807, 2.05) is 91.0 Å². The number of aromatic nitrogens is 3. The third kappa shape index (κ3) is 3.92. The van der Waals surface area contributed by atoms with Gasteiger partial charge in [-0.2, -0.15) is 0 Å². The Morgan fingerprint density at radius 1 is 0.500 bits per heavy atom. The topological polar surface area (TPSA) is 51.8 Å². The molecule has 0 saturated carbocycles. The second-order valence-electron chi connectivity index (χ2n) is 9.01. The van der Waals surface area contributed by atoms with E-state index in [1.54, 1.807) is 0 Å². The highest BCUT2D eigenvalue weighted by atomic mass is 35.5. The molecule has 0 atom stereocenters. The summed E-state index contributed by atoms with van der Waals surface area (Å²) in [7, 11) is 0. The molecule has 0 N–H and O–H groups in total. The average molecular weight is 510 g/mol. The first-order valence-corrected chi connectivity index (χ1v) is 12.7. The second kappa shape index (κ2) is 9.25. The Morgan fingerprint density at radius 3 is 1.87 bits per heavy atom. The summed E-state index contributed by atoms with van der Waals surface area (Å²) in [6.07, 6.45) is 0. The maximum Gasteiger partial charge on any atom is 0.164 e. The fourth-order valence-corrected chi connectivity index (χ4v) is 5.04. The number of para-hydroxylation sites is 1. The van der Waals surface area contributed by atoms with Crippen molar-refractivity contribution in [2.45, 2.75) is 0 Å². The zero-order valence-corrected chi connectivity index (χ0v) is 20.9. The molecule has 2 aromatic heterocycles. The number of halogens is 1. The fraction of sp³-hybridized carbons (Fsp3) is 0. The number of hydrogen-bond donors (Lipinski definition) is 0. The van der Waals surface area contributed by atoms with Crippen LogP contribution in [0.1, 0.15) is 0 Å². The van der Waals surface area contributed by atoms with Crippen molar-refractivity contribution in [1.82, 2.24) is 15.0 Å². The van der Waals surface area contributed by atoms with Gasteiger partial charge < -0.3 is 4.42 Å². The Kier molecular flexibility index (Phi) is 5.46. The molecule has 4 nitrogen and oxygen atoms in total. The lowest BCUT2D eigenvalue weighted by Gasteiger charge is -2.09. The highest BCUT2D eigenvalue weighted by Gasteiger charge is 2.19. The summed E-state index contributed by atoms with van der Waals surface area (Å²) in [6.45, 7) is 0. The van der Waals surface area contributed by atoms with Crippen molar-refractivity contribution in [3.63, 3.8) is 0 Å². The standard InChI is InChI=1S/C33H20ClN3O/c34-24-15-7-14-23(20-24)32-35-31(22-12-5-2-6-13-22)36-33(37-32)27-18-9-19-28-29(27)26-17-8-16-25(30(26)38-28)21-10-3-1-4-11-21/h1-20H. The SMILES string of the molecule is Clc1cccc(-c2nc(-c3ccccc3)nc(-c3cccc4oc5c(-c6ccccc6)cccc5c34)n2)c1. The number of furan rings is 1. The molecular weight excluding hydrogens is 490 g/mol. The third-order valence-corrected chi connectivity index (χ3v) is 6.83. The minimum absolute atomic E-state index is 0.561. The summed E-state index contributed by atoms with van der Waals surface area (Å²) >= 11 is 6.32. The quantitative estimate of drug-likeness (QED) is 0.237. The van der Waals surface area contributed by atoms with Gasteiger partial charge in [0.2, 0.25) is 0 Å². The largest absolute Gasteiger partial charge is 0.455 e. The van der Waals surface area contributed by atoms with Crippen LogP contribution in [0.5, 0.6) is 0 Å². The lowest BCUT2D eigenvalue weighted by Crippen LogP contribution is -2.00. The first-order valence-electron chi connectivity index (χ1n) is 12.3.